The molecule has 28 heavy (non-hydrogen) atoms. The zero-order chi connectivity index (χ0) is 19.5. The summed E-state index contributed by atoms with van der Waals surface area (Å²) in [5, 5.41) is 23.6. The van der Waals surface area contributed by atoms with Gasteiger partial charge in [0, 0.05) is 23.2 Å². The van der Waals surface area contributed by atoms with Gasteiger partial charge in [0.15, 0.2) is 0 Å². The van der Waals surface area contributed by atoms with E-state index in [9.17, 15) is 10.2 Å². The summed E-state index contributed by atoms with van der Waals surface area (Å²) in [5.41, 5.74) is 3.18. The fraction of sp³-hybridized carbons (Fsp3) is 0.417. The third-order valence-electron chi connectivity index (χ3n) is 5.95. The molecule has 4 rings (SSSR count). The van der Waals surface area contributed by atoms with Gasteiger partial charge in [0.25, 0.3) is 0 Å². The number of hydrogen-bond acceptors (Lipinski definition) is 4. The highest BCUT2D eigenvalue weighted by atomic mass is 16.5. The number of benzene rings is 2. The molecule has 3 unspecified atom stereocenters. The van der Waals surface area contributed by atoms with Crippen LogP contribution in [0, 0.1) is 5.92 Å². The molecule has 2 aromatic rings. The van der Waals surface area contributed by atoms with Gasteiger partial charge in [-0.25, -0.2) is 0 Å². The first kappa shape index (κ1) is 18.7. The molecule has 0 saturated carbocycles. The van der Waals surface area contributed by atoms with Crippen molar-refractivity contribution in [2.24, 2.45) is 5.92 Å². The Kier molecular flexibility index (Phi) is 5.47. The van der Waals surface area contributed by atoms with Crippen LogP contribution in [0.15, 0.2) is 48.6 Å². The predicted molar refractivity (Wildman–Crippen MR) is 112 cm³/mol. The van der Waals surface area contributed by atoms with Gasteiger partial charge < -0.3 is 20.3 Å². The average molecular weight is 380 g/mol. The van der Waals surface area contributed by atoms with E-state index in [4.69, 9.17) is 4.74 Å². The normalized spacial score (nSPS) is 22.4. The SMILES string of the molecule is CCCCCCOc1ccc2c(c1)C1C=CCC1C(c1ccc(O)cc1O)N2. The lowest BCUT2D eigenvalue weighted by Crippen LogP contribution is -2.29. The zero-order valence-corrected chi connectivity index (χ0v) is 16.4. The maximum atomic E-state index is 10.4. The fourth-order valence-corrected chi connectivity index (χ4v) is 4.48. The number of phenols is 2. The molecule has 3 atom stereocenters. The minimum atomic E-state index is 0.00825. The Morgan fingerprint density at radius 2 is 1.93 bits per heavy atom. The predicted octanol–water partition coefficient (Wildman–Crippen LogP) is 5.88. The average Bonchev–Trinajstić information content (AvgIpc) is 3.18. The third kappa shape index (κ3) is 3.68. The molecule has 2 aliphatic rings. The minimum Gasteiger partial charge on any atom is -0.508 e. The van der Waals surface area contributed by atoms with Crippen LogP contribution in [0.1, 0.15) is 62.1 Å². The summed E-state index contributed by atoms with van der Waals surface area (Å²) < 4.78 is 5.99. The molecule has 0 saturated heterocycles. The van der Waals surface area contributed by atoms with Crippen molar-refractivity contribution in [2.75, 3.05) is 11.9 Å². The van der Waals surface area contributed by atoms with Gasteiger partial charge in [-0.3, -0.25) is 0 Å². The van der Waals surface area contributed by atoms with Gasteiger partial charge in [-0.05, 0) is 54.7 Å². The van der Waals surface area contributed by atoms with E-state index in [1.54, 1.807) is 6.07 Å². The Morgan fingerprint density at radius 3 is 2.75 bits per heavy atom. The lowest BCUT2D eigenvalue weighted by Gasteiger charge is -2.37. The van der Waals surface area contributed by atoms with E-state index in [1.807, 2.05) is 12.1 Å². The van der Waals surface area contributed by atoms with Crippen LogP contribution in [0.25, 0.3) is 0 Å². The quantitative estimate of drug-likeness (QED) is 0.415. The first-order valence-electron chi connectivity index (χ1n) is 10.4. The Balaban J connectivity index is 1.55. The van der Waals surface area contributed by atoms with E-state index in [-0.39, 0.29) is 17.5 Å². The van der Waals surface area contributed by atoms with Crippen molar-refractivity contribution in [2.45, 2.75) is 51.0 Å². The third-order valence-corrected chi connectivity index (χ3v) is 5.95. The molecule has 1 aliphatic heterocycles. The van der Waals surface area contributed by atoms with E-state index < -0.39 is 0 Å². The summed E-state index contributed by atoms with van der Waals surface area (Å²) in [5.74, 6) is 1.79. The number of hydrogen-bond donors (Lipinski definition) is 3. The molecule has 0 fully saturated rings. The molecule has 1 aliphatic carbocycles. The molecule has 0 spiro atoms. The van der Waals surface area contributed by atoms with Crippen LogP contribution in [0.4, 0.5) is 5.69 Å². The molecule has 4 heteroatoms. The highest BCUT2D eigenvalue weighted by Gasteiger charge is 2.39. The highest BCUT2D eigenvalue weighted by Crippen LogP contribution is 2.51. The number of aromatic hydroxyl groups is 2. The molecule has 0 aromatic heterocycles. The zero-order valence-electron chi connectivity index (χ0n) is 16.4. The number of fused-ring (bicyclic) bond motifs is 3. The second kappa shape index (κ2) is 8.17. The number of anilines is 1. The van der Waals surface area contributed by atoms with Gasteiger partial charge in [0.05, 0.1) is 12.6 Å². The second-order valence-electron chi connectivity index (χ2n) is 7.88. The standard InChI is InChI=1S/C24H29NO3/c1-2-3-4-5-13-28-17-10-12-22-21(15-17)18-7-6-8-19(18)24(25-22)20-11-9-16(26)14-23(20)27/h6-7,9-12,14-15,18-19,24-27H,2-5,8,13H2,1H3. The Hall–Kier alpha value is -2.62. The maximum absolute atomic E-state index is 10.4. The van der Waals surface area contributed by atoms with Crippen LogP contribution in [-0.2, 0) is 0 Å². The Morgan fingerprint density at radius 1 is 1.04 bits per heavy atom. The minimum absolute atomic E-state index is 0.00825. The van der Waals surface area contributed by atoms with E-state index in [0.29, 0.717) is 11.8 Å². The number of rotatable bonds is 7. The molecule has 1 heterocycles. The number of unbranched alkanes of at least 4 members (excludes halogenated alkanes) is 3. The summed E-state index contributed by atoms with van der Waals surface area (Å²) in [6.45, 7) is 2.98. The van der Waals surface area contributed by atoms with E-state index in [1.165, 1.54) is 30.9 Å². The molecule has 0 radical (unpaired) electrons. The molecule has 4 nitrogen and oxygen atoms in total. The van der Waals surface area contributed by atoms with Gasteiger partial charge in [0.1, 0.15) is 17.2 Å². The van der Waals surface area contributed by atoms with Crippen LogP contribution in [-0.4, -0.2) is 16.8 Å². The van der Waals surface area contributed by atoms with Crippen molar-refractivity contribution in [3.05, 3.63) is 59.7 Å². The number of ether oxygens (including phenoxy) is 1. The summed E-state index contributed by atoms with van der Waals surface area (Å²) in [4.78, 5) is 0. The lowest BCUT2D eigenvalue weighted by atomic mass is 9.77. The van der Waals surface area contributed by atoms with Crippen molar-refractivity contribution in [3.63, 3.8) is 0 Å². The van der Waals surface area contributed by atoms with Crippen LogP contribution >= 0.6 is 0 Å². The lowest BCUT2D eigenvalue weighted by molar-refractivity contribution is 0.304. The van der Waals surface area contributed by atoms with Crippen LogP contribution in [0.5, 0.6) is 17.2 Å². The first-order valence-corrected chi connectivity index (χ1v) is 10.4. The van der Waals surface area contributed by atoms with Crippen molar-refractivity contribution < 1.29 is 14.9 Å². The van der Waals surface area contributed by atoms with Crippen LogP contribution in [0.2, 0.25) is 0 Å². The number of nitrogens with one attached hydrogen (secondary N) is 1. The molecule has 2 aromatic carbocycles. The Bertz CT molecular complexity index is 861. The summed E-state index contributed by atoms with van der Waals surface area (Å²) in [7, 11) is 0. The molecule has 148 valence electrons. The second-order valence-corrected chi connectivity index (χ2v) is 7.88. The smallest absolute Gasteiger partial charge is 0.124 e. The molecular weight excluding hydrogens is 350 g/mol. The first-order chi connectivity index (χ1) is 13.7. The van der Waals surface area contributed by atoms with Gasteiger partial charge in [0.2, 0.25) is 0 Å². The van der Waals surface area contributed by atoms with Gasteiger partial charge in [-0.15, -0.1) is 0 Å². The fourth-order valence-electron chi connectivity index (χ4n) is 4.48. The molecular formula is C24H29NO3. The van der Waals surface area contributed by atoms with Crippen molar-refractivity contribution in [3.8, 4) is 17.2 Å². The van der Waals surface area contributed by atoms with E-state index in [0.717, 1.165) is 36.4 Å². The van der Waals surface area contributed by atoms with Crippen molar-refractivity contribution in [1.82, 2.24) is 0 Å². The molecule has 3 N–H and O–H groups in total. The topological polar surface area (TPSA) is 61.7 Å². The van der Waals surface area contributed by atoms with Crippen molar-refractivity contribution >= 4 is 5.69 Å². The molecule has 0 amide bonds. The van der Waals surface area contributed by atoms with E-state index in [2.05, 4.69) is 36.5 Å². The summed E-state index contributed by atoms with van der Waals surface area (Å²) in [6.07, 6.45) is 10.3. The Labute approximate surface area is 166 Å². The summed E-state index contributed by atoms with van der Waals surface area (Å²) >= 11 is 0. The van der Waals surface area contributed by atoms with Gasteiger partial charge in [-0.2, -0.15) is 0 Å². The maximum Gasteiger partial charge on any atom is 0.124 e. The largest absolute Gasteiger partial charge is 0.508 e. The van der Waals surface area contributed by atoms with Crippen LogP contribution < -0.4 is 10.1 Å². The monoisotopic (exact) mass is 379 g/mol. The highest BCUT2D eigenvalue weighted by molar-refractivity contribution is 5.62. The number of allylic oxidation sites excluding steroid dienone is 2. The van der Waals surface area contributed by atoms with E-state index >= 15 is 0 Å². The van der Waals surface area contributed by atoms with Gasteiger partial charge >= 0.3 is 0 Å². The molecule has 0 bridgehead atoms. The number of phenolic OH excluding ortho intramolecular Hbond substituents is 2. The van der Waals surface area contributed by atoms with Gasteiger partial charge in [-0.1, -0.05) is 38.3 Å². The summed E-state index contributed by atoms with van der Waals surface area (Å²) in [6, 6.07) is 11.2. The van der Waals surface area contributed by atoms with Crippen molar-refractivity contribution in [1.29, 1.82) is 0 Å². The van der Waals surface area contributed by atoms with Crippen LogP contribution in [0.3, 0.4) is 0 Å².